The van der Waals surface area contributed by atoms with Gasteiger partial charge < -0.3 is 9.84 Å². The SMILES string of the molecule is CC1SCC(c2noc(C3(C)CCNC3)n2)SC1C. The van der Waals surface area contributed by atoms with Crippen LogP contribution in [0.4, 0.5) is 0 Å². The number of hydrogen-bond acceptors (Lipinski definition) is 6. The average Bonchev–Trinajstić information content (AvgIpc) is 3.02. The molecule has 0 saturated carbocycles. The Balaban J connectivity index is 1.74. The van der Waals surface area contributed by atoms with E-state index in [0.717, 1.165) is 37.0 Å². The van der Waals surface area contributed by atoms with E-state index < -0.39 is 0 Å². The van der Waals surface area contributed by atoms with Crippen molar-refractivity contribution in [1.29, 1.82) is 0 Å². The highest BCUT2D eigenvalue weighted by molar-refractivity contribution is 8.07. The Labute approximate surface area is 122 Å². The smallest absolute Gasteiger partial charge is 0.233 e. The van der Waals surface area contributed by atoms with Gasteiger partial charge in [0.2, 0.25) is 5.89 Å². The highest BCUT2D eigenvalue weighted by atomic mass is 32.2. The second kappa shape index (κ2) is 5.30. The fourth-order valence-corrected chi connectivity index (χ4v) is 5.36. The zero-order valence-electron chi connectivity index (χ0n) is 11.7. The minimum Gasteiger partial charge on any atom is -0.339 e. The van der Waals surface area contributed by atoms with E-state index in [1.54, 1.807) is 0 Å². The maximum Gasteiger partial charge on any atom is 0.233 e. The van der Waals surface area contributed by atoms with Gasteiger partial charge in [-0.25, -0.2) is 0 Å². The molecule has 6 heteroatoms. The Morgan fingerprint density at radius 2 is 2.21 bits per heavy atom. The second-order valence-corrected chi connectivity index (χ2v) is 8.81. The van der Waals surface area contributed by atoms with Gasteiger partial charge in [0.05, 0.1) is 10.7 Å². The summed E-state index contributed by atoms with van der Waals surface area (Å²) in [4.78, 5) is 4.70. The molecule has 19 heavy (non-hydrogen) atoms. The predicted molar refractivity (Wildman–Crippen MR) is 80.9 cm³/mol. The molecular weight excluding hydrogens is 278 g/mol. The Morgan fingerprint density at radius 1 is 1.37 bits per heavy atom. The van der Waals surface area contributed by atoms with Crippen LogP contribution < -0.4 is 5.32 Å². The van der Waals surface area contributed by atoms with Crippen LogP contribution in [-0.4, -0.2) is 39.5 Å². The molecule has 0 spiro atoms. The molecule has 2 aliphatic rings. The van der Waals surface area contributed by atoms with Gasteiger partial charge >= 0.3 is 0 Å². The van der Waals surface area contributed by atoms with E-state index in [-0.39, 0.29) is 5.41 Å². The summed E-state index contributed by atoms with van der Waals surface area (Å²) in [6, 6.07) is 0. The average molecular weight is 299 g/mol. The maximum atomic E-state index is 5.54. The summed E-state index contributed by atoms with van der Waals surface area (Å²) in [6.07, 6.45) is 1.08. The molecule has 2 saturated heterocycles. The van der Waals surface area contributed by atoms with Gasteiger partial charge in [0.25, 0.3) is 0 Å². The van der Waals surface area contributed by atoms with Gasteiger partial charge in [-0.05, 0) is 19.9 Å². The molecule has 4 nitrogen and oxygen atoms in total. The molecule has 0 radical (unpaired) electrons. The number of nitrogens with zero attached hydrogens (tertiary/aromatic N) is 2. The van der Waals surface area contributed by atoms with Crippen molar-refractivity contribution in [3.8, 4) is 0 Å². The molecule has 1 aromatic rings. The lowest BCUT2D eigenvalue weighted by Crippen LogP contribution is -2.25. The van der Waals surface area contributed by atoms with Crippen molar-refractivity contribution < 1.29 is 4.52 Å². The van der Waals surface area contributed by atoms with Gasteiger partial charge in [-0.15, -0.1) is 11.8 Å². The summed E-state index contributed by atoms with van der Waals surface area (Å²) in [7, 11) is 0. The molecule has 1 N–H and O–H groups in total. The van der Waals surface area contributed by atoms with E-state index in [9.17, 15) is 0 Å². The van der Waals surface area contributed by atoms with Gasteiger partial charge in [-0.3, -0.25) is 0 Å². The van der Waals surface area contributed by atoms with E-state index in [4.69, 9.17) is 9.51 Å². The lowest BCUT2D eigenvalue weighted by atomic mass is 9.90. The largest absolute Gasteiger partial charge is 0.339 e. The molecule has 106 valence electrons. The molecule has 3 heterocycles. The quantitative estimate of drug-likeness (QED) is 0.906. The third kappa shape index (κ3) is 2.67. The van der Waals surface area contributed by atoms with E-state index >= 15 is 0 Å². The van der Waals surface area contributed by atoms with Crippen molar-refractivity contribution in [1.82, 2.24) is 15.5 Å². The number of rotatable bonds is 2. The second-order valence-electron chi connectivity index (χ2n) is 5.81. The van der Waals surface area contributed by atoms with Crippen LogP contribution in [0.2, 0.25) is 0 Å². The molecule has 3 rings (SSSR count). The Morgan fingerprint density at radius 3 is 2.89 bits per heavy atom. The van der Waals surface area contributed by atoms with Crippen molar-refractivity contribution in [2.45, 2.75) is 48.4 Å². The first-order valence-corrected chi connectivity index (χ1v) is 8.89. The first-order chi connectivity index (χ1) is 9.08. The summed E-state index contributed by atoms with van der Waals surface area (Å²) in [6.45, 7) is 8.77. The molecule has 2 aliphatic heterocycles. The zero-order valence-corrected chi connectivity index (χ0v) is 13.3. The van der Waals surface area contributed by atoms with Crippen LogP contribution in [0.1, 0.15) is 44.2 Å². The number of hydrogen-bond donors (Lipinski definition) is 1. The maximum absolute atomic E-state index is 5.54. The van der Waals surface area contributed by atoms with Crippen molar-refractivity contribution in [2.24, 2.45) is 0 Å². The van der Waals surface area contributed by atoms with Crippen molar-refractivity contribution in [3.05, 3.63) is 11.7 Å². The zero-order chi connectivity index (χ0) is 13.5. The van der Waals surface area contributed by atoms with Crippen LogP contribution >= 0.6 is 23.5 Å². The standard InChI is InChI=1S/C13H21N3OS2/c1-8-9(2)19-10(6-18-8)11-15-12(17-16-11)13(3)4-5-14-7-13/h8-10,14H,4-7H2,1-3H3. The number of nitrogens with one attached hydrogen (secondary N) is 1. The van der Waals surface area contributed by atoms with Crippen LogP contribution in [0.15, 0.2) is 4.52 Å². The van der Waals surface area contributed by atoms with Crippen LogP contribution in [0.25, 0.3) is 0 Å². The van der Waals surface area contributed by atoms with Crippen LogP contribution in [0.3, 0.4) is 0 Å². The van der Waals surface area contributed by atoms with Gasteiger partial charge in [-0.2, -0.15) is 16.7 Å². The first kappa shape index (κ1) is 13.8. The van der Waals surface area contributed by atoms with Crippen LogP contribution in [-0.2, 0) is 5.41 Å². The fraction of sp³-hybridized carbons (Fsp3) is 0.846. The van der Waals surface area contributed by atoms with Gasteiger partial charge in [0.1, 0.15) is 0 Å². The molecule has 4 atom stereocenters. The van der Waals surface area contributed by atoms with Crippen molar-refractivity contribution >= 4 is 23.5 Å². The molecule has 4 unspecified atom stereocenters. The lowest BCUT2D eigenvalue weighted by molar-refractivity contribution is 0.304. The summed E-state index contributed by atoms with van der Waals surface area (Å²) < 4.78 is 5.54. The van der Waals surface area contributed by atoms with Crippen molar-refractivity contribution in [3.63, 3.8) is 0 Å². The first-order valence-electron chi connectivity index (χ1n) is 6.90. The molecule has 0 aromatic carbocycles. The summed E-state index contributed by atoms with van der Waals surface area (Å²) in [5.41, 5.74) is 0.0244. The fourth-order valence-electron chi connectivity index (χ4n) is 2.53. The van der Waals surface area contributed by atoms with Gasteiger partial charge in [-0.1, -0.05) is 19.0 Å². The molecular formula is C13H21N3OS2. The topological polar surface area (TPSA) is 51.0 Å². The Bertz CT molecular complexity index is 445. The minimum atomic E-state index is 0.0244. The highest BCUT2D eigenvalue weighted by Crippen LogP contribution is 2.43. The molecule has 2 fully saturated rings. The van der Waals surface area contributed by atoms with Crippen molar-refractivity contribution in [2.75, 3.05) is 18.8 Å². The summed E-state index contributed by atoms with van der Waals surface area (Å²) >= 11 is 4.00. The molecule has 0 amide bonds. The minimum absolute atomic E-state index is 0.0244. The normalized spacial score (nSPS) is 39.6. The van der Waals surface area contributed by atoms with Crippen LogP contribution in [0.5, 0.6) is 0 Å². The van der Waals surface area contributed by atoms with E-state index in [2.05, 4.69) is 31.2 Å². The molecule has 0 bridgehead atoms. The van der Waals surface area contributed by atoms with E-state index in [1.165, 1.54) is 0 Å². The third-order valence-corrected chi connectivity index (χ3v) is 7.55. The Hall–Kier alpha value is -0.200. The lowest BCUT2D eigenvalue weighted by Gasteiger charge is -2.29. The van der Waals surface area contributed by atoms with Gasteiger partial charge in [0, 0.05) is 22.8 Å². The number of aromatic nitrogens is 2. The molecule has 1 aromatic heterocycles. The highest BCUT2D eigenvalue weighted by Gasteiger charge is 2.37. The predicted octanol–water partition coefficient (Wildman–Crippen LogP) is 2.62. The van der Waals surface area contributed by atoms with Crippen LogP contribution in [0, 0.1) is 0 Å². The van der Waals surface area contributed by atoms with E-state index in [1.807, 2.05) is 23.5 Å². The monoisotopic (exact) mass is 299 g/mol. The molecule has 0 aliphatic carbocycles. The third-order valence-electron chi connectivity index (χ3n) is 4.17. The van der Waals surface area contributed by atoms with E-state index in [0.29, 0.717) is 15.7 Å². The summed E-state index contributed by atoms with van der Waals surface area (Å²) in [5.74, 6) is 2.79. The number of thioether (sulfide) groups is 2. The van der Waals surface area contributed by atoms with Gasteiger partial charge in [0.15, 0.2) is 5.82 Å². The Kier molecular flexibility index (Phi) is 3.84. The summed E-state index contributed by atoms with van der Waals surface area (Å²) in [5, 5.41) is 9.36.